The minimum absolute atomic E-state index is 0.0666. The van der Waals surface area contributed by atoms with Crippen molar-refractivity contribution in [3.05, 3.63) is 90.0 Å². The third-order valence-corrected chi connectivity index (χ3v) is 3.55. The number of anilines is 1. The molecule has 0 radical (unpaired) electrons. The van der Waals surface area contributed by atoms with Crippen LogP contribution in [0.15, 0.2) is 78.9 Å². The van der Waals surface area contributed by atoms with Gasteiger partial charge in [-0.1, -0.05) is 42.5 Å². The number of rotatable bonds is 6. The van der Waals surface area contributed by atoms with Gasteiger partial charge < -0.3 is 15.8 Å². The van der Waals surface area contributed by atoms with E-state index in [-0.39, 0.29) is 5.84 Å². The summed E-state index contributed by atoms with van der Waals surface area (Å²) in [5, 5.41) is 10.8. The smallest absolute Gasteiger partial charge is 0.127 e. The largest absolute Gasteiger partial charge is 0.457 e. The standard InChI is InChI=1S/C20H19N3O/c21-20(22)16-7-5-8-17(13-16)23-14-15-6-4-11-19(12-15)24-18-9-2-1-3-10-18/h1-13,23H,14H2,(H3,21,22). The van der Waals surface area contributed by atoms with Crippen molar-refractivity contribution in [2.24, 2.45) is 5.73 Å². The molecule has 0 aromatic heterocycles. The number of nitrogens with one attached hydrogen (secondary N) is 2. The lowest BCUT2D eigenvalue weighted by molar-refractivity contribution is 0.482. The summed E-state index contributed by atoms with van der Waals surface area (Å²) in [7, 11) is 0. The molecule has 4 nitrogen and oxygen atoms in total. The Labute approximate surface area is 141 Å². The summed E-state index contributed by atoms with van der Waals surface area (Å²) in [6, 6.07) is 25.2. The van der Waals surface area contributed by atoms with Crippen LogP contribution in [-0.4, -0.2) is 5.84 Å². The van der Waals surface area contributed by atoms with Crippen LogP contribution in [0, 0.1) is 5.41 Å². The van der Waals surface area contributed by atoms with Crippen LogP contribution in [0.2, 0.25) is 0 Å². The molecule has 0 spiro atoms. The summed E-state index contributed by atoms with van der Waals surface area (Å²) in [5.74, 6) is 1.69. The minimum atomic E-state index is 0.0666. The van der Waals surface area contributed by atoms with Crippen LogP contribution >= 0.6 is 0 Å². The monoisotopic (exact) mass is 317 g/mol. The van der Waals surface area contributed by atoms with Gasteiger partial charge in [0, 0.05) is 17.8 Å². The first-order valence-corrected chi connectivity index (χ1v) is 7.71. The molecule has 4 N–H and O–H groups in total. The van der Waals surface area contributed by atoms with E-state index in [4.69, 9.17) is 15.9 Å². The van der Waals surface area contributed by atoms with Crippen molar-refractivity contribution in [1.82, 2.24) is 0 Å². The van der Waals surface area contributed by atoms with Crippen LogP contribution in [0.3, 0.4) is 0 Å². The average molecular weight is 317 g/mol. The van der Waals surface area contributed by atoms with Gasteiger partial charge in [0.05, 0.1) is 0 Å². The summed E-state index contributed by atoms with van der Waals surface area (Å²) in [6.07, 6.45) is 0. The van der Waals surface area contributed by atoms with Gasteiger partial charge in [-0.15, -0.1) is 0 Å². The zero-order valence-electron chi connectivity index (χ0n) is 13.2. The molecule has 3 aromatic rings. The van der Waals surface area contributed by atoms with Crippen molar-refractivity contribution < 1.29 is 4.74 Å². The number of nitrogen functional groups attached to an aromatic ring is 1. The molecule has 0 atom stereocenters. The zero-order valence-corrected chi connectivity index (χ0v) is 13.2. The highest BCUT2D eigenvalue weighted by molar-refractivity contribution is 5.95. The van der Waals surface area contributed by atoms with Gasteiger partial charge in [-0.25, -0.2) is 0 Å². The lowest BCUT2D eigenvalue weighted by Crippen LogP contribution is -2.11. The Hall–Kier alpha value is -3.27. The fourth-order valence-electron chi connectivity index (χ4n) is 2.34. The van der Waals surface area contributed by atoms with Crippen molar-refractivity contribution in [3.8, 4) is 11.5 Å². The second-order valence-corrected chi connectivity index (χ2v) is 5.41. The molecule has 120 valence electrons. The Kier molecular flexibility index (Phi) is 4.77. The molecule has 0 bridgehead atoms. The van der Waals surface area contributed by atoms with E-state index >= 15 is 0 Å². The third-order valence-electron chi connectivity index (χ3n) is 3.55. The van der Waals surface area contributed by atoms with E-state index in [0.717, 1.165) is 22.7 Å². The van der Waals surface area contributed by atoms with Crippen molar-refractivity contribution in [2.45, 2.75) is 6.54 Å². The molecule has 0 aliphatic carbocycles. The number of benzene rings is 3. The molecule has 0 saturated carbocycles. The van der Waals surface area contributed by atoms with Gasteiger partial charge in [-0.3, -0.25) is 5.41 Å². The second-order valence-electron chi connectivity index (χ2n) is 5.41. The van der Waals surface area contributed by atoms with E-state index in [9.17, 15) is 0 Å². The summed E-state index contributed by atoms with van der Waals surface area (Å²) < 4.78 is 5.85. The molecule has 0 fully saturated rings. The van der Waals surface area contributed by atoms with Gasteiger partial charge >= 0.3 is 0 Å². The molecule has 0 aliphatic rings. The molecule has 0 heterocycles. The van der Waals surface area contributed by atoms with E-state index in [1.807, 2.05) is 78.9 Å². The molecule has 0 unspecified atom stereocenters. The molecule has 3 rings (SSSR count). The number of amidine groups is 1. The first-order valence-electron chi connectivity index (χ1n) is 7.71. The molecular formula is C20H19N3O. The lowest BCUT2D eigenvalue weighted by Gasteiger charge is -2.10. The number of hydrogen-bond donors (Lipinski definition) is 3. The first-order chi connectivity index (χ1) is 11.7. The Balaban J connectivity index is 1.66. The van der Waals surface area contributed by atoms with Crippen LogP contribution in [0.4, 0.5) is 5.69 Å². The van der Waals surface area contributed by atoms with Gasteiger partial charge in [0.2, 0.25) is 0 Å². The maximum atomic E-state index is 7.50. The van der Waals surface area contributed by atoms with E-state index < -0.39 is 0 Å². The normalized spacial score (nSPS) is 10.2. The predicted octanol–water partition coefficient (Wildman–Crippen LogP) is 4.38. The predicted molar refractivity (Wildman–Crippen MR) is 97.7 cm³/mol. The van der Waals surface area contributed by atoms with E-state index in [2.05, 4.69) is 5.32 Å². The highest BCUT2D eigenvalue weighted by atomic mass is 16.5. The van der Waals surface area contributed by atoms with Crippen LogP contribution in [0.1, 0.15) is 11.1 Å². The van der Waals surface area contributed by atoms with Crippen LogP contribution in [0.5, 0.6) is 11.5 Å². The quantitative estimate of drug-likeness (QED) is 0.467. The average Bonchev–Trinajstić information content (AvgIpc) is 2.61. The SMILES string of the molecule is N=C(N)c1cccc(NCc2cccc(Oc3ccccc3)c2)c1. The highest BCUT2D eigenvalue weighted by Crippen LogP contribution is 2.22. The number of hydrogen-bond acceptors (Lipinski definition) is 3. The van der Waals surface area contributed by atoms with Gasteiger partial charge in [-0.2, -0.15) is 0 Å². The Morgan fingerprint density at radius 1 is 0.875 bits per heavy atom. The fourth-order valence-corrected chi connectivity index (χ4v) is 2.34. The maximum Gasteiger partial charge on any atom is 0.127 e. The molecular weight excluding hydrogens is 298 g/mol. The van der Waals surface area contributed by atoms with E-state index in [1.54, 1.807) is 0 Å². The molecule has 0 aliphatic heterocycles. The van der Waals surface area contributed by atoms with Crippen molar-refractivity contribution in [1.29, 1.82) is 5.41 Å². The Morgan fingerprint density at radius 2 is 1.62 bits per heavy atom. The minimum Gasteiger partial charge on any atom is -0.457 e. The Bertz CT molecular complexity index is 831. The van der Waals surface area contributed by atoms with Crippen LogP contribution < -0.4 is 15.8 Å². The summed E-state index contributed by atoms with van der Waals surface area (Å²) in [6.45, 7) is 0.660. The maximum absolute atomic E-state index is 7.50. The van der Waals surface area contributed by atoms with Gasteiger partial charge in [-0.05, 0) is 42.0 Å². The van der Waals surface area contributed by atoms with Crippen molar-refractivity contribution >= 4 is 11.5 Å². The second kappa shape index (κ2) is 7.33. The topological polar surface area (TPSA) is 71.1 Å². The van der Waals surface area contributed by atoms with Crippen molar-refractivity contribution in [2.75, 3.05) is 5.32 Å². The molecule has 3 aromatic carbocycles. The summed E-state index contributed by atoms with van der Waals surface area (Å²) in [4.78, 5) is 0. The summed E-state index contributed by atoms with van der Waals surface area (Å²) >= 11 is 0. The van der Waals surface area contributed by atoms with Crippen LogP contribution in [0.25, 0.3) is 0 Å². The Morgan fingerprint density at radius 3 is 2.42 bits per heavy atom. The van der Waals surface area contributed by atoms with E-state index in [0.29, 0.717) is 12.1 Å². The third kappa shape index (κ3) is 4.14. The molecule has 4 heteroatoms. The number of nitrogens with two attached hydrogens (primary N) is 1. The van der Waals surface area contributed by atoms with Crippen molar-refractivity contribution in [3.63, 3.8) is 0 Å². The van der Waals surface area contributed by atoms with Crippen LogP contribution in [-0.2, 0) is 6.54 Å². The molecule has 0 saturated heterocycles. The number of ether oxygens (including phenoxy) is 1. The molecule has 0 amide bonds. The zero-order chi connectivity index (χ0) is 16.8. The lowest BCUT2D eigenvalue weighted by atomic mass is 10.1. The first kappa shape index (κ1) is 15.6. The summed E-state index contributed by atoms with van der Waals surface area (Å²) in [5.41, 5.74) is 8.27. The van der Waals surface area contributed by atoms with E-state index in [1.165, 1.54) is 0 Å². The molecule has 24 heavy (non-hydrogen) atoms. The fraction of sp³-hybridized carbons (Fsp3) is 0.0500. The number of para-hydroxylation sites is 1. The van der Waals surface area contributed by atoms with Gasteiger partial charge in [0.1, 0.15) is 17.3 Å². The highest BCUT2D eigenvalue weighted by Gasteiger charge is 2.01. The van der Waals surface area contributed by atoms with Gasteiger partial charge in [0.15, 0.2) is 0 Å². The van der Waals surface area contributed by atoms with Gasteiger partial charge in [0.25, 0.3) is 0 Å².